The number of nitrogens with one attached hydrogen (secondary N) is 1. The van der Waals surface area contributed by atoms with Crippen LogP contribution >= 0.6 is 0 Å². The molecule has 2 rings (SSSR count). The van der Waals surface area contributed by atoms with Crippen LogP contribution in [0.25, 0.3) is 0 Å². The molecule has 0 spiro atoms. The summed E-state index contributed by atoms with van der Waals surface area (Å²) < 4.78 is 5.12. The van der Waals surface area contributed by atoms with Gasteiger partial charge in [0.05, 0.1) is 18.4 Å². The van der Waals surface area contributed by atoms with Crippen molar-refractivity contribution in [3.63, 3.8) is 0 Å². The average Bonchev–Trinajstić information content (AvgIpc) is 2.87. The van der Waals surface area contributed by atoms with Gasteiger partial charge in [-0.25, -0.2) is 0 Å². The van der Waals surface area contributed by atoms with Crippen LogP contribution in [0.4, 0.5) is 0 Å². The normalized spacial score (nSPS) is 28.3. The van der Waals surface area contributed by atoms with Gasteiger partial charge < -0.3 is 14.8 Å². The van der Waals surface area contributed by atoms with E-state index in [1.54, 1.807) is 13.0 Å². The number of rotatable bonds is 3. The lowest BCUT2D eigenvalue weighted by atomic mass is 9.85. The largest absolute Gasteiger partial charge is 0.469 e. The minimum absolute atomic E-state index is 0.0503. The highest BCUT2D eigenvalue weighted by Crippen LogP contribution is 2.37. The van der Waals surface area contributed by atoms with Crippen molar-refractivity contribution in [1.82, 2.24) is 5.32 Å². The van der Waals surface area contributed by atoms with Gasteiger partial charge in [-0.3, -0.25) is 4.79 Å². The summed E-state index contributed by atoms with van der Waals surface area (Å²) >= 11 is 0. The molecule has 4 heteroatoms. The predicted octanol–water partition coefficient (Wildman–Crippen LogP) is 1.87. The summed E-state index contributed by atoms with van der Waals surface area (Å²) in [5, 5.41) is 12.4. The quantitative estimate of drug-likeness (QED) is 0.843. The molecule has 1 aliphatic rings. The highest BCUT2D eigenvalue weighted by atomic mass is 16.3. The van der Waals surface area contributed by atoms with E-state index in [9.17, 15) is 9.90 Å². The van der Waals surface area contributed by atoms with Crippen LogP contribution in [-0.2, 0) is 0 Å². The third-order valence-electron chi connectivity index (χ3n) is 3.85. The fraction of sp³-hybridized carbons (Fsp3) is 0.615. The van der Waals surface area contributed by atoms with E-state index in [1.165, 1.54) is 6.26 Å². The molecule has 1 aromatic heterocycles. The summed E-state index contributed by atoms with van der Waals surface area (Å²) in [7, 11) is 0. The Morgan fingerprint density at radius 2 is 2.47 bits per heavy atom. The van der Waals surface area contributed by atoms with Gasteiger partial charge in [0.15, 0.2) is 0 Å². The number of hydrogen-bond donors (Lipinski definition) is 2. The van der Waals surface area contributed by atoms with Gasteiger partial charge in [0.25, 0.3) is 5.91 Å². The molecule has 2 atom stereocenters. The van der Waals surface area contributed by atoms with Crippen LogP contribution in [0.5, 0.6) is 0 Å². The first kappa shape index (κ1) is 12.2. The average molecular weight is 237 g/mol. The van der Waals surface area contributed by atoms with Crippen molar-refractivity contribution >= 4 is 5.91 Å². The molecule has 4 nitrogen and oxygen atoms in total. The van der Waals surface area contributed by atoms with E-state index in [4.69, 9.17) is 4.42 Å². The SMILES string of the molecule is Cc1occc1C(=O)NC1CCCC1(C)CO. The molecule has 0 aliphatic heterocycles. The second-order valence-corrected chi connectivity index (χ2v) is 5.12. The van der Waals surface area contributed by atoms with E-state index >= 15 is 0 Å². The van der Waals surface area contributed by atoms with Crippen molar-refractivity contribution in [2.45, 2.75) is 39.2 Å². The van der Waals surface area contributed by atoms with Gasteiger partial charge in [0.2, 0.25) is 0 Å². The van der Waals surface area contributed by atoms with Crippen LogP contribution in [0.1, 0.15) is 42.3 Å². The number of furan rings is 1. The van der Waals surface area contributed by atoms with Crippen molar-refractivity contribution in [2.75, 3.05) is 6.61 Å². The number of carbonyl (C=O) groups is 1. The molecule has 17 heavy (non-hydrogen) atoms. The van der Waals surface area contributed by atoms with Crippen LogP contribution in [0.3, 0.4) is 0 Å². The fourth-order valence-corrected chi connectivity index (χ4v) is 2.52. The monoisotopic (exact) mass is 237 g/mol. The van der Waals surface area contributed by atoms with Crippen LogP contribution in [0.2, 0.25) is 0 Å². The Kier molecular flexibility index (Phi) is 3.24. The van der Waals surface area contributed by atoms with Crippen LogP contribution in [0, 0.1) is 12.3 Å². The molecular formula is C13H19NO3. The maximum atomic E-state index is 12.0. The first-order chi connectivity index (χ1) is 8.07. The number of aryl methyl sites for hydroxylation is 1. The molecule has 0 saturated heterocycles. The Bertz CT molecular complexity index is 413. The molecule has 1 aromatic rings. The van der Waals surface area contributed by atoms with Gasteiger partial charge in [-0.1, -0.05) is 13.3 Å². The summed E-state index contributed by atoms with van der Waals surface area (Å²) in [5.74, 6) is 0.522. The van der Waals surface area contributed by atoms with Crippen molar-refractivity contribution in [3.05, 3.63) is 23.7 Å². The lowest BCUT2D eigenvalue weighted by Gasteiger charge is -2.30. The van der Waals surface area contributed by atoms with Gasteiger partial charge in [-0.2, -0.15) is 0 Å². The Balaban J connectivity index is 2.07. The Hall–Kier alpha value is -1.29. The first-order valence-electron chi connectivity index (χ1n) is 6.02. The van der Waals surface area contributed by atoms with Gasteiger partial charge in [-0.15, -0.1) is 0 Å². The van der Waals surface area contributed by atoms with Gasteiger partial charge in [0.1, 0.15) is 5.76 Å². The summed E-state index contributed by atoms with van der Waals surface area (Å²) in [5.41, 5.74) is 0.394. The molecule has 1 fully saturated rings. The lowest BCUT2D eigenvalue weighted by molar-refractivity contribution is 0.0829. The van der Waals surface area contributed by atoms with Gasteiger partial charge in [0, 0.05) is 11.5 Å². The van der Waals surface area contributed by atoms with Crippen LogP contribution in [-0.4, -0.2) is 23.7 Å². The third-order valence-corrected chi connectivity index (χ3v) is 3.85. The third kappa shape index (κ3) is 2.22. The van der Waals surface area contributed by atoms with E-state index in [-0.39, 0.29) is 24.0 Å². The van der Waals surface area contributed by atoms with Gasteiger partial charge in [-0.05, 0) is 25.8 Å². The fourth-order valence-electron chi connectivity index (χ4n) is 2.52. The van der Waals surface area contributed by atoms with Crippen molar-refractivity contribution < 1.29 is 14.3 Å². The van der Waals surface area contributed by atoms with Crippen molar-refractivity contribution in [1.29, 1.82) is 0 Å². The number of aliphatic hydroxyl groups excluding tert-OH is 1. The Morgan fingerprint density at radius 3 is 3.06 bits per heavy atom. The summed E-state index contributed by atoms with van der Waals surface area (Å²) in [6.07, 6.45) is 4.45. The summed E-state index contributed by atoms with van der Waals surface area (Å²) in [6, 6.07) is 1.73. The highest BCUT2D eigenvalue weighted by molar-refractivity contribution is 5.95. The minimum atomic E-state index is -0.187. The molecular weight excluding hydrogens is 218 g/mol. The second-order valence-electron chi connectivity index (χ2n) is 5.12. The number of hydrogen-bond acceptors (Lipinski definition) is 3. The molecule has 1 saturated carbocycles. The van der Waals surface area contributed by atoms with E-state index in [0.717, 1.165) is 19.3 Å². The number of amides is 1. The zero-order valence-corrected chi connectivity index (χ0v) is 10.3. The second kappa shape index (κ2) is 4.53. The number of aliphatic hydroxyl groups is 1. The van der Waals surface area contributed by atoms with E-state index in [1.807, 2.05) is 6.92 Å². The van der Waals surface area contributed by atoms with Crippen molar-refractivity contribution in [2.24, 2.45) is 5.41 Å². The van der Waals surface area contributed by atoms with Crippen LogP contribution < -0.4 is 5.32 Å². The predicted molar refractivity (Wildman–Crippen MR) is 63.7 cm³/mol. The molecule has 0 aromatic carbocycles. The zero-order chi connectivity index (χ0) is 12.5. The molecule has 0 radical (unpaired) electrons. The minimum Gasteiger partial charge on any atom is -0.469 e. The molecule has 1 heterocycles. The summed E-state index contributed by atoms with van der Waals surface area (Å²) in [4.78, 5) is 12.0. The molecule has 1 amide bonds. The Labute approximate surface area is 101 Å². The molecule has 1 aliphatic carbocycles. The molecule has 2 N–H and O–H groups in total. The smallest absolute Gasteiger partial charge is 0.255 e. The topological polar surface area (TPSA) is 62.5 Å². The maximum absolute atomic E-state index is 12.0. The Morgan fingerprint density at radius 1 is 1.71 bits per heavy atom. The number of carbonyl (C=O) groups excluding carboxylic acids is 1. The zero-order valence-electron chi connectivity index (χ0n) is 10.3. The van der Waals surface area contributed by atoms with E-state index < -0.39 is 0 Å². The van der Waals surface area contributed by atoms with E-state index in [0.29, 0.717) is 11.3 Å². The van der Waals surface area contributed by atoms with Crippen LogP contribution in [0.15, 0.2) is 16.7 Å². The standard InChI is InChI=1S/C13H19NO3/c1-9-10(5-7-17-9)12(16)14-11-4-3-6-13(11,2)8-15/h5,7,11,15H,3-4,6,8H2,1-2H3,(H,14,16). The van der Waals surface area contributed by atoms with Gasteiger partial charge >= 0.3 is 0 Å². The summed E-state index contributed by atoms with van der Waals surface area (Å²) in [6.45, 7) is 3.91. The molecule has 94 valence electrons. The highest BCUT2D eigenvalue weighted by Gasteiger charge is 2.39. The van der Waals surface area contributed by atoms with Crippen molar-refractivity contribution in [3.8, 4) is 0 Å². The van der Waals surface area contributed by atoms with E-state index in [2.05, 4.69) is 5.32 Å². The molecule has 0 bridgehead atoms. The maximum Gasteiger partial charge on any atom is 0.255 e. The lowest BCUT2D eigenvalue weighted by Crippen LogP contribution is -2.44. The molecule has 2 unspecified atom stereocenters. The first-order valence-corrected chi connectivity index (χ1v) is 6.02.